The van der Waals surface area contributed by atoms with Gasteiger partial charge in [0.05, 0.1) is 33.1 Å². The van der Waals surface area contributed by atoms with Gasteiger partial charge in [-0.25, -0.2) is 4.68 Å². The van der Waals surface area contributed by atoms with Crippen LogP contribution >= 0.6 is 0 Å². The van der Waals surface area contributed by atoms with E-state index in [1.165, 1.54) is 4.68 Å². The van der Waals surface area contributed by atoms with Crippen molar-refractivity contribution < 1.29 is 48.6 Å². The van der Waals surface area contributed by atoms with Crippen molar-refractivity contribution in [2.24, 2.45) is 0 Å². The number of aliphatic hydroxyl groups excluding tert-OH is 3. The second-order valence-electron chi connectivity index (χ2n) is 10.7. The minimum absolute atomic E-state index is 0.0131. The van der Waals surface area contributed by atoms with Crippen molar-refractivity contribution in [3.63, 3.8) is 0 Å². The zero-order valence-corrected chi connectivity index (χ0v) is 25.7. The van der Waals surface area contributed by atoms with Crippen LogP contribution in [0.5, 0.6) is 11.5 Å². The lowest BCUT2D eigenvalue weighted by Gasteiger charge is -2.41. The summed E-state index contributed by atoms with van der Waals surface area (Å²) in [6, 6.07) is 4.32. The number of methoxy groups -OCH3 is 2. The fraction of sp³-hybridized carbons (Fsp3) is 0.655. The molecule has 5 atom stereocenters. The minimum Gasteiger partial charge on any atom is -0.497 e. The normalized spacial score (nSPS) is 21.7. The molecule has 44 heavy (non-hydrogen) atoms. The maximum atomic E-state index is 11.9. The SMILES string of the molecule is COc1cc(OC)cc(-c2cn(C3C(OCCCCCCNC(=O)CC(=O)NCOC(C)C)OC(CO)C(O)C3O)nn2)c1. The first-order valence-electron chi connectivity index (χ1n) is 14.7. The molecule has 3 rings (SSSR count). The van der Waals surface area contributed by atoms with E-state index in [-0.39, 0.29) is 31.8 Å². The van der Waals surface area contributed by atoms with Gasteiger partial charge in [-0.15, -0.1) is 5.10 Å². The number of hydrogen-bond acceptors (Lipinski definition) is 12. The molecule has 1 aliphatic heterocycles. The van der Waals surface area contributed by atoms with Gasteiger partial charge in [-0.3, -0.25) is 9.59 Å². The molecule has 1 aromatic carbocycles. The molecule has 2 aromatic rings. The number of hydrogen-bond donors (Lipinski definition) is 5. The Labute approximate surface area is 256 Å². The Morgan fingerprint density at radius 3 is 2.34 bits per heavy atom. The van der Waals surface area contributed by atoms with Crippen LogP contribution in [0.25, 0.3) is 11.3 Å². The van der Waals surface area contributed by atoms with Crippen molar-refractivity contribution in [1.29, 1.82) is 0 Å². The van der Waals surface area contributed by atoms with Gasteiger partial charge < -0.3 is 49.6 Å². The van der Waals surface area contributed by atoms with Gasteiger partial charge in [-0.2, -0.15) is 0 Å². The summed E-state index contributed by atoms with van der Waals surface area (Å²) in [4.78, 5) is 23.7. The highest BCUT2D eigenvalue weighted by atomic mass is 16.7. The first kappa shape index (κ1) is 35.1. The molecule has 15 heteroatoms. The van der Waals surface area contributed by atoms with E-state index in [0.717, 1.165) is 19.3 Å². The summed E-state index contributed by atoms with van der Waals surface area (Å²) in [5, 5.41) is 44.8. The second kappa shape index (κ2) is 17.8. The lowest BCUT2D eigenvalue weighted by molar-refractivity contribution is -0.281. The molecule has 1 aliphatic rings. The number of carbonyl (C=O) groups is 2. The summed E-state index contributed by atoms with van der Waals surface area (Å²) in [5.74, 6) is 0.384. The van der Waals surface area contributed by atoms with Crippen LogP contribution in [0.15, 0.2) is 24.4 Å². The minimum atomic E-state index is -1.37. The van der Waals surface area contributed by atoms with Crippen molar-refractivity contribution in [3.8, 4) is 22.8 Å². The number of amides is 2. The number of benzene rings is 1. The first-order chi connectivity index (χ1) is 21.2. The monoisotopic (exact) mass is 623 g/mol. The van der Waals surface area contributed by atoms with Crippen LogP contribution in [0.4, 0.5) is 0 Å². The predicted octanol–water partition coefficient (Wildman–Crippen LogP) is 0.524. The number of aliphatic hydroxyl groups is 3. The molecule has 0 aliphatic carbocycles. The van der Waals surface area contributed by atoms with Gasteiger partial charge in [0.15, 0.2) is 6.29 Å². The molecular formula is C29H45N5O10. The predicted molar refractivity (Wildman–Crippen MR) is 157 cm³/mol. The van der Waals surface area contributed by atoms with Gasteiger partial charge in [0.1, 0.15) is 54.7 Å². The average molecular weight is 624 g/mol. The summed E-state index contributed by atoms with van der Waals surface area (Å²) < 4.78 is 29.1. The molecule has 2 heterocycles. The van der Waals surface area contributed by atoms with Gasteiger partial charge in [0.2, 0.25) is 11.8 Å². The van der Waals surface area contributed by atoms with Gasteiger partial charge in [-0.1, -0.05) is 18.1 Å². The van der Waals surface area contributed by atoms with Crippen LogP contribution in [0.1, 0.15) is 52.0 Å². The van der Waals surface area contributed by atoms with E-state index in [1.807, 2.05) is 13.8 Å². The molecule has 1 fully saturated rings. The van der Waals surface area contributed by atoms with Crippen molar-refractivity contribution >= 4 is 11.8 Å². The third kappa shape index (κ3) is 10.4. The fourth-order valence-electron chi connectivity index (χ4n) is 4.56. The smallest absolute Gasteiger partial charge is 0.231 e. The highest BCUT2D eigenvalue weighted by Gasteiger charge is 2.46. The van der Waals surface area contributed by atoms with Gasteiger partial charge in [-0.05, 0) is 38.8 Å². The van der Waals surface area contributed by atoms with E-state index in [4.69, 9.17) is 23.7 Å². The molecule has 1 aromatic heterocycles. The number of nitrogens with zero attached hydrogens (tertiary/aromatic N) is 3. The lowest BCUT2D eigenvalue weighted by atomic mass is 9.97. The number of nitrogens with one attached hydrogen (secondary N) is 2. The molecule has 0 bridgehead atoms. The third-order valence-electron chi connectivity index (χ3n) is 6.99. The van der Waals surface area contributed by atoms with Crippen molar-refractivity contribution in [3.05, 3.63) is 24.4 Å². The molecule has 2 amide bonds. The van der Waals surface area contributed by atoms with Crippen LogP contribution in [0.3, 0.4) is 0 Å². The van der Waals surface area contributed by atoms with E-state index in [1.54, 1.807) is 38.6 Å². The lowest BCUT2D eigenvalue weighted by Crippen LogP contribution is -2.56. The fourth-order valence-corrected chi connectivity index (χ4v) is 4.56. The van der Waals surface area contributed by atoms with Crippen LogP contribution in [-0.2, 0) is 23.8 Å². The Bertz CT molecular complexity index is 1160. The van der Waals surface area contributed by atoms with E-state index >= 15 is 0 Å². The van der Waals surface area contributed by atoms with E-state index in [2.05, 4.69) is 20.9 Å². The number of unbranched alkanes of at least 4 members (excludes halogenated alkanes) is 3. The number of aromatic nitrogens is 3. The largest absolute Gasteiger partial charge is 0.497 e. The maximum absolute atomic E-state index is 11.9. The maximum Gasteiger partial charge on any atom is 0.231 e. The van der Waals surface area contributed by atoms with E-state index in [0.29, 0.717) is 35.7 Å². The molecule has 5 unspecified atom stereocenters. The summed E-state index contributed by atoms with van der Waals surface area (Å²) >= 11 is 0. The molecule has 0 radical (unpaired) electrons. The van der Waals surface area contributed by atoms with Crippen molar-refractivity contribution in [2.75, 3.05) is 40.7 Å². The molecule has 1 saturated heterocycles. The summed E-state index contributed by atoms with van der Waals surface area (Å²) in [5.41, 5.74) is 1.14. The Balaban J connectivity index is 1.48. The Morgan fingerprint density at radius 1 is 1.00 bits per heavy atom. The molecule has 5 N–H and O–H groups in total. The third-order valence-corrected chi connectivity index (χ3v) is 6.99. The van der Waals surface area contributed by atoms with Crippen LogP contribution in [0.2, 0.25) is 0 Å². The summed E-state index contributed by atoms with van der Waals surface area (Å²) in [6.45, 7) is 3.99. The Kier molecular flexibility index (Phi) is 14.2. The van der Waals surface area contributed by atoms with Crippen molar-refractivity contribution in [2.45, 2.75) is 82.7 Å². The number of carbonyl (C=O) groups excluding carboxylic acids is 2. The van der Waals surface area contributed by atoms with Gasteiger partial charge in [0.25, 0.3) is 0 Å². The van der Waals surface area contributed by atoms with E-state index in [9.17, 15) is 24.9 Å². The van der Waals surface area contributed by atoms with Gasteiger partial charge in [0, 0.05) is 24.8 Å². The molecule has 15 nitrogen and oxygen atoms in total. The average Bonchev–Trinajstić information content (AvgIpc) is 3.49. The molecule has 246 valence electrons. The number of rotatable bonds is 18. The Hall–Kier alpha value is -3.34. The zero-order chi connectivity index (χ0) is 32.1. The van der Waals surface area contributed by atoms with E-state index < -0.39 is 43.2 Å². The standard InChI is InChI=1S/C29H45N5O10/c1-18(2)43-17-31-25(37)14-24(36)30-9-7-5-6-8-10-42-29-26(28(39)27(38)23(16-35)44-29)34-15-22(32-33-34)19-11-20(40-3)13-21(12-19)41-4/h11-13,15,18,23,26-29,35,38-39H,5-10,14,16-17H2,1-4H3,(H,30,36)(H,31,37). The molecular weight excluding hydrogens is 578 g/mol. The van der Waals surface area contributed by atoms with Gasteiger partial charge >= 0.3 is 0 Å². The highest BCUT2D eigenvalue weighted by molar-refractivity contribution is 5.96. The van der Waals surface area contributed by atoms with Crippen LogP contribution < -0.4 is 20.1 Å². The molecule has 0 saturated carbocycles. The summed E-state index contributed by atoms with van der Waals surface area (Å²) in [6.07, 6.45) is -0.460. The van der Waals surface area contributed by atoms with Crippen LogP contribution in [0, 0.1) is 0 Å². The quantitative estimate of drug-likeness (QED) is 0.0879. The second-order valence-corrected chi connectivity index (χ2v) is 10.7. The Morgan fingerprint density at radius 2 is 1.68 bits per heavy atom. The topological polar surface area (TPSA) is 196 Å². The zero-order valence-electron chi connectivity index (χ0n) is 25.7. The van der Waals surface area contributed by atoms with Crippen molar-refractivity contribution in [1.82, 2.24) is 25.6 Å². The highest BCUT2D eigenvalue weighted by Crippen LogP contribution is 2.33. The number of ether oxygens (including phenoxy) is 5. The first-order valence-corrected chi connectivity index (χ1v) is 14.7. The molecule has 0 spiro atoms. The summed E-state index contributed by atoms with van der Waals surface area (Å²) in [7, 11) is 3.08. The van der Waals surface area contributed by atoms with Crippen LogP contribution in [-0.4, -0.2) is 114 Å².